The van der Waals surface area contributed by atoms with Crippen LogP contribution in [0.2, 0.25) is 0 Å². The molecule has 0 aromatic rings. The van der Waals surface area contributed by atoms with E-state index in [-0.39, 0.29) is 0 Å². The zero-order valence-electron chi connectivity index (χ0n) is 8.39. The Balaban J connectivity index is 2.24. The summed E-state index contributed by atoms with van der Waals surface area (Å²) < 4.78 is 0. The molecule has 2 N–H and O–H groups in total. The highest BCUT2D eigenvalue weighted by Gasteiger charge is 2.16. The number of hydrogen-bond donors (Lipinski definition) is 1. The SMILES string of the molecule is CCC1CCCC(CCN)CC1. The van der Waals surface area contributed by atoms with E-state index in [0.29, 0.717) is 0 Å². The zero-order valence-corrected chi connectivity index (χ0v) is 8.39. The lowest BCUT2D eigenvalue weighted by Crippen LogP contribution is -2.07. The van der Waals surface area contributed by atoms with Crippen LogP contribution < -0.4 is 5.73 Å². The van der Waals surface area contributed by atoms with E-state index in [1.54, 1.807) is 0 Å². The third-order valence-corrected chi connectivity index (χ3v) is 3.36. The van der Waals surface area contributed by atoms with Crippen molar-refractivity contribution in [3.63, 3.8) is 0 Å². The van der Waals surface area contributed by atoms with Crippen LogP contribution >= 0.6 is 0 Å². The first-order valence-corrected chi connectivity index (χ1v) is 5.56. The minimum atomic E-state index is 0.890. The lowest BCUT2D eigenvalue weighted by molar-refractivity contribution is 0.409. The molecule has 0 amide bonds. The Morgan fingerprint density at radius 3 is 2.42 bits per heavy atom. The van der Waals surface area contributed by atoms with Crippen molar-refractivity contribution in [1.29, 1.82) is 0 Å². The van der Waals surface area contributed by atoms with Gasteiger partial charge in [0, 0.05) is 0 Å². The van der Waals surface area contributed by atoms with E-state index in [9.17, 15) is 0 Å². The van der Waals surface area contributed by atoms with Gasteiger partial charge < -0.3 is 5.73 Å². The Kier molecular flexibility index (Phi) is 4.67. The van der Waals surface area contributed by atoms with Gasteiger partial charge in [0.2, 0.25) is 0 Å². The zero-order chi connectivity index (χ0) is 8.81. The highest BCUT2D eigenvalue weighted by molar-refractivity contribution is 4.69. The third kappa shape index (κ3) is 3.14. The topological polar surface area (TPSA) is 26.0 Å². The molecule has 1 rings (SSSR count). The number of nitrogens with two attached hydrogens (primary N) is 1. The first-order valence-electron chi connectivity index (χ1n) is 5.56. The normalized spacial score (nSPS) is 31.5. The van der Waals surface area contributed by atoms with Gasteiger partial charge in [0.25, 0.3) is 0 Å². The maximum atomic E-state index is 5.58. The van der Waals surface area contributed by atoms with E-state index in [2.05, 4.69) is 6.92 Å². The molecule has 1 aliphatic carbocycles. The van der Waals surface area contributed by atoms with Crippen molar-refractivity contribution < 1.29 is 0 Å². The second-order valence-electron chi connectivity index (χ2n) is 4.23. The molecule has 1 saturated carbocycles. The van der Waals surface area contributed by atoms with Crippen molar-refractivity contribution in [2.45, 2.75) is 51.9 Å². The number of hydrogen-bond acceptors (Lipinski definition) is 1. The van der Waals surface area contributed by atoms with Gasteiger partial charge in [0.1, 0.15) is 0 Å². The summed E-state index contributed by atoms with van der Waals surface area (Å²) in [6.07, 6.45) is 9.90. The van der Waals surface area contributed by atoms with Crippen LogP contribution in [0.3, 0.4) is 0 Å². The van der Waals surface area contributed by atoms with Crippen LogP contribution in [0.5, 0.6) is 0 Å². The Bertz CT molecular complexity index is 112. The molecule has 12 heavy (non-hydrogen) atoms. The van der Waals surface area contributed by atoms with Crippen molar-refractivity contribution in [3.8, 4) is 0 Å². The second-order valence-corrected chi connectivity index (χ2v) is 4.23. The summed E-state index contributed by atoms with van der Waals surface area (Å²) in [5, 5.41) is 0. The van der Waals surface area contributed by atoms with Crippen molar-refractivity contribution >= 4 is 0 Å². The van der Waals surface area contributed by atoms with Crippen molar-refractivity contribution in [2.24, 2.45) is 17.6 Å². The average molecular weight is 169 g/mol. The molecule has 0 radical (unpaired) electrons. The Morgan fingerprint density at radius 2 is 1.75 bits per heavy atom. The molecule has 1 heteroatoms. The molecule has 72 valence electrons. The molecule has 1 fully saturated rings. The molecule has 0 saturated heterocycles. The van der Waals surface area contributed by atoms with Gasteiger partial charge in [-0.2, -0.15) is 0 Å². The monoisotopic (exact) mass is 169 g/mol. The Labute approximate surface area is 76.7 Å². The fourth-order valence-corrected chi connectivity index (χ4v) is 2.39. The Morgan fingerprint density at radius 1 is 1.08 bits per heavy atom. The highest BCUT2D eigenvalue weighted by atomic mass is 14.5. The van der Waals surface area contributed by atoms with E-state index in [1.165, 1.54) is 44.9 Å². The lowest BCUT2D eigenvalue weighted by Gasteiger charge is -2.12. The van der Waals surface area contributed by atoms with Gasteiger partial charge >= 0.3 is 0 Å². The molecule has 1 nitrogen and oxygen atoms in total. The summed E-state index contributed by atoms with van der Waals surface area (Å²) in [6, 6.07) is 0. The highest BCUT2D eigenvalue weighted by Crippen LogP contribution is 2.30. The van der Waals surface area contributed by atoms with Gasteiger partial charge in [-0.05, 0) is 24.8 Å². The Hall–Kier alpha value is -0.0400. The molecule has 0 spiro atoms. The van der Waals surface area contributed by atoms with Gasteiger partial charge in [0.05, 0.1) is 0 Å². The van der Waals surface area contributed by atoms with Gasteiger partial charge in [0.15, 0.2) is 0 Å². The van der Waals surface area contributed by atoms with E-state index in [4.69, 9.17) is 5.73 Å². The van der Waals surface area contributed by atoms with Crippen molar-refractivity contribution in [3.05, 3.63) is 0 Å². The fraction of sp³-hybridized carbons (Fsp3) is 1.00. The molecule has 0 aromatic heterocycles. The lowest BCUT2D eigenvalue weighted by atomic mass is 9.94. The molecule has 2 unspecified atom stereocenters. The third-order valence-electron chi connectivity index (χ3n) is 3.36. The van der Waals surface area contributed by atoms with E-state index < -0.39 is 0 Å². The maximum Gasteiger partial charge on any atom is -0.00746 e. The van der Waals surface area contributed by atoms with E-state index in [1.807, 2.05) is 0 Å². The van der Waals surface area contributed by atoms with Crippen LogP contribution in [0.25, 0.3) is 0 Å². The van der Waals surface area contributed by atoms with E-state index in [0.717, 1.165) is 18.4 Å². The van der Waals surface area contributed by atoms with Crippen LogP contribution in [0, 0.1) is 11.8 Å². The molecule has 0 bridgehead atoms. The number of rotatable bonds is 3. The van der Waals surface area contributed by atoms with Crippen LogP contribution in [-0.2, 0) is 0 Å². The smallest absolute Gasteiger partial charge is 0.00746 e. The van der Waals surface area contributed by atoms with Crippen LogP contribution in [0.15, 0.2) is 0 Å². The molecule has 0 aliphatic heterocycles. The minimum absolute atomic E-state index is 0.890. The summed E-state index contributed by atoms with van der Waals surface area (Å²) in [6.45, 7) is 3.22. The summed E-state index contributed by atoms with van der Waals surface area (Å²) in [5.41, 5.74) is 5.58. The van der Waals surface area contributed by atoms with Crippen molar-refractivity contribution in [1.82, 2.24) is 0 Å². The molecular weight excluding hydrogens is 146 g/mol. The summed E-state index contributed by atoms with van der Waals surface area (Å²) >= 11 is 0. The van der Waals surface area contributed by atoms with Gasteiger partial charge in [-0.3, -0.25) is 0 Å². The van der Waals surface area contributed by atoms with Gasteiger partial charge in [-0.1, -0.05) is 45.4 Å². The van der Waals surface area contributed by atoms with Crippen LogP contribution in [-0.4, -0.2) is 6.54 Å². The van der Waals surface area contributed by atoms with Gasteiger partial charge in [-0.15, -0.1) is 0 Å². The molecular formula is C11H23N. The largest absolute Gasteiger partial charge is 0.330 e. The van der Waals surface area contributed by atoms with Crippen LogP contribution in [0.1, 0.15) is 51.9 Å². The predicted molar refractivity (Wildman–Crippen MR) is 54.0 cm³/mol. The molecule has 2 atom stereocenters. The molecule has 1 aliphatic rings. The summed E-state index contributed by atoms with van der Waals surface area (Å²) in [5.74, 6) is 1.97. The fourth-order valence-electron chi connectivity index (χ4n) is 2.39. The maximum absolute atomic E-state index is 5.58. The molecule has 0 heterocycles. The summed E-state index contributed by atoms with van der Waals surface area (Å²) in [4.78, 5) is 0. The van der Waals surface area contributed by atoms with Crippen molar-refractivity contribution in [2.75, 3.05) is 6.54 Å². The van der Waals surface area contributed by atoms with Crippen LogP contribution in [0.4, 0.5) is 0 Å². The molecule has 0 aromatic carbocycles. The van der Waals surface area contributed by atoms with Gasteiger partial charge in [-0.25, -0.2) is 0 Å². The first kappa shape index (κ1) is 10.0. The average Bonchev–Trinajstić information content (AvgIpc) is 2.31. The standard InChI is InChI=1S/C11H23N/c1-2-10-4-3-5-11(7-6-10)8-9-12/h10-11H,2-9,12H2,1H3. The predicted octanol–water partition coefficient (Wildman–Crippen LogP) is 2.94. The quantitative estimate of drug-likeness (QED) is 0.646. The summed E-state index contributed by atoms with van der Waals surface area (Å²) in [7, 11) is 0. The first-order chi connectivity index (χ1) is 5.86. The van der Waals surface area contributed by atoms with E-state index >= 15 is 0 Å². The minimum Gasteiger partial charge on any atom is -0.330 e. The second kappa shape index (κ2) is 5.58.